The van der Waals surface area contributed by atoms with Gasteiger partial charge in [0.15, 0.2) is 0 Å². The molecule has 0 aliphatic rings. The zero-order valence-electron chi connectivity index (χ0n) is 18.9. The second-order valence-electron chi connectivity index (χ2n) is 8.48. The largest absolute Gasteiger partial charge is 0.464 e. The molecule has 6 nitrogen and oxygen atoms in total. The minimum atomic E-state index is -0.883. The number of nitrogens with one attached hydrogen (secondary N) is 1. The number of carbonyl (C=O) groups is 2. The number of amides is 1. The molecule has 3 aromatic rings. The normalized spacial score (nSPS) is 12.3. The van der Waals surface area contributed by atoms with Crippen molar-refractivity contribution < 1.29 is 19.1 Å². The van der Waals surface area contributed by atoms with Gasteiger partial charge < -0.3 is 14.8 Å². The minimum absolute atomic E-state index is 0.209. The first kappa shape index (κ1) is 24.8. The minimum Gasteiger partial charge on any atom is -0.464 e. The molecule has 1 N–H and O–H groups in total. The Bertz CT molecular complexity index is 1150. The standard InChI is InChI=1S/C25H26Cl2N2O4/c1-5-32-23(30)21(29-24(31)33-25(2,3)4)14-15-9-11-19-16(13-15)10-12-20(28-19)22-17(26)7-6-8-18(22)27/h6-13,21H,5,14H2,1-4H3,(H,29,31)/t21-/m0/s1. The van der Waals surface area contributed by atoms with Crippen LogP contribution >= 0.6 is 23.2 Å². The third-order valence-corrected chi connectivity index (χ3v) is 5.30. The van der Waals surface area contributed by atoms with Crippen molar-refractivity contribution in [1.29, 1.82) is 0 Å². The van der Waals surface area contributed by atoms with Gasteiger partial charge in [0.1, 0.15) is 11.6 Å². The van der Waals surface area contributed by atoms with Gasteiger partial charge in [0, 0.05) is 17.4 Å². The highest BCUT2D eigenvalue weighted by atomic mass is 35.5. The summed E-state index contributed by atoms with van der Waals surface area (Å²) < 4.78 is 10.4. The molecule has 174 valence electrons. The Morgan fingerprint density at radius 2 is 1.76 bits per heavy atom. The van der Waals surface area contributed by atoms with Crippen LogP contribution in [-0.2, 0) is 20.7 Å². The lowest BCUT2D eigenvalue weighted by molar-refractivity contribution is -0.145. The third-order valence-electron chi connectivity index (χ3n) is 4.67. The van der Waals surface area contributed by atoms with Crippen molar-refractivity contribution in [3.8, 4) is 11.3 Å². The van der Waals surface area contributed by atoms with Crippen LogP contribution in [0, 0.1) is 0 Å². The molecule has 0 unspecified atom stereocenters. The highest BCUT2D eigenvalue weighted by Gasteiger charge is 2.26. The summed E-state index contributed by atoms with van der Waals surface area (Å²) >= 11 is 12.6. The topological polar surface area (TPSA) is 77.5 Å². The monoisotopic (exact) mass is 488 g/mol. The molecule has 3 rings (SSSR count). The predicted octanol–water partition coefficient (Wildman–Crippen LogP) is 6.21. The molecule has 1 aromatic heterocycles. The van der Waals surface area contributed by atoms with Crippen molar-refractivity contribution >= 4 is 46.2 Å². The van der Waals surface area contributed by atoms with Crippen LogP contribution in [0.25, 0.3) is 22.2 Å². The molecule has 0 radical (unpaired) electrons. The lowest BCUT2D eigenvalue weighted by atomic mass is 10.0. The van der Waals surface area contributed by atoms with Gasteiger partial charge in [-0.25, -0.2) is 14.6 Å². The number of rotatable bonds is 6. The van der Waals surface area contributed by atoms with E-state index in [1.54, 1.807) is 45.9 Å². The van der Waals surface area contributed by atoms with Crippen LogP contribution in [0.3, 0.4) is 0 Å². The summed E-state index contributed by atoms with van der Waals surface area (Å²) in [6.45, 7) is 7.19. The van der Waals surface area contributed by atoms with Crippen LogP contribution in [0.15, 0.2) is 48.5 Å². The Morgan fingerprint density at radius 1 is 1.06 bits per heavy atom. The maximum atomic E-state index is 12.4. The van der Waals surface area contributed by atoms with Crippen LogP contribution < -0.4 is 5.32 Å². The molecule has 0 aliphatic heterocycles. The van der Waals surface area contributed by atoms with Crippen molar-refractivity contribution in [2.45, 2.75) is 45.8 Å². The van der Waals surface area contributed by atoms with Gasteiger partial charge in [0.2, 0.25) is 0 Å². The van der Waals surface area contributed by atoms with Gasteiger partial charge >= 0.3 is 12.1 Å². The number of fused-ring (bicyclic) bond motifs is 1. The van der Waals surface area contributed by atoms with E-state index in [2.05, 4.69) is 5.32 Å². The van der Waals surface area contributed by atoms with E-state index < -0.39 is 23.7 Å². The fourth-order valence-corrected chi connectivity index (χ4v) is 3.90. The van der Waals surface area contributed by atoms with Crippen LogP contribution in [0.5, 0.6) is 0 Å². The van der Waals surface area contributed by atoms with Gasteiger partial charge in [0.05, 0.1) is 27.9 Å². The highest BCUT2D eigenvalue weighted by Crippen LogP contribution is 2.34. The first-order valence-electron chi connectivity index (χ1n) is 10.6. The maximum absolute atomic E-state index is 12.4. The summed E-state index contributed by atoms with van der Waals surface area (Å²) in [5.74, 6) is -0.523. The average Bonchev–Trinajstić information content (AvgIpc) is 2.72. The number of alkyl carbamates (subject to hydrolysis) is 1. The molecule has 8 heteroatoms. The zero-order valence-corrected chi connectivity index (χ0v) is 20.5. The number of carbonyl (C=O) groups excluding carboxylic acids is 2. The molecule has 2 aromatic carbocycles. The van der Waals surface area contributed by atoms with Gasteiger partial charge in [-0.1, -0.05) is 41.4 Å². The summed E-state index contributed by atoms with van der Waals surface area (Å²) in [6.07, 6.45) is -0.434. The molecule has 0 spiro atoms. The summed E-state index contributed by atoms with van der Waals surface area (Å²) in [4.78, 5) is 29.4. The summed E-state index contributed by atoms with van der Waals surface area (Å²) in [7, 11) is 0. The molecule has 0 fully saturated rings. The molecule has 0 saturated heterocycles. The van der Waals surface area contributed by atoms with E-state index in [-0.39, 0.29) is 13.0 Å². The van der Waals surface area contributed by atoms with Crippen LogP contribution in [0.1, 0.15) is 33.3 Å². The van der Waals surface area contributed by atoms with Crippen LogP contribution in [0.2, 0.25) is 10.0 Å². The molecule has 33 heavy (non-hydrogen) atoms. The Morgan fingerprint density at radius 3 is 2.39 bits per heavy atom. The number of esters is 1. The van der Waals surface area contributed by atoms with E-state index in [1.807, 2.05) is 30.3 Å². The Balaban J connectivity index is 1.85. The predicted molar refractivity (Wildman–Crippen MR) is 131 cm³/mol. The Kier molecular flexibility index (Phi) is 7.82. The first-order chi connectivity index (χ1) is 15.6. The van der Waals surface area contributed by atoms with E-state index in [9.17, 15) is 9.59 Å². The second-order valence-corrected chi connectivity index (χ2v) is 9.29. The lowest BCUT2D eigenvalue weighted by Crippen LogP contribution is -2.45. The van der Waals surface area contributed by atoms with E-state index in [0.29, 0.717) is 21.3 Å². The van der Waals surface area contributed by atoms with E-state index in [1.165, 1.54) is 0 Å². The van der Waals surface area contributed by atoms with Gasteiger partial charge in [-0.15, -0.1) is 0 Å². The summed E-state index contributed by atoms with van der Waals surface area (Å²) in [6, 6.07) is 13.8. The van der Waals surface area contributed by atoms with Gasteiger partial charge in [-0.05, 0) is 63.6 Å². The molecule has 1 amide bonds. The fourth-order valence-electron chi connectivity index (χ4n) is 3.31. The number of ether oxygens (including phenoxy) is 2. The number of nitrogens with zero attached hydrogens (tertiary/aromatic N) is 1. The second kappa shape index (κ2) is 10.4. The summed E-state index contributed by atoms with van der Waals surface area (Å²) in [5, 5.41) is 4.54. The number of benzene rings is 2. The number of aromatic nitrogens is 1. The van der Waals surface area contributed by atoms with E-state index in [0.717, 1.165) is 16.5 Å². The van der Waals surface area contributed by atoms with Gasteiger partial charge in [-0.2, -0.15) is 0 Å². The van der Waals surface area contributed by atoms with Crippen LogP contribution in [0.4, 0.5) is 4.79 Å². The SMILES string of the molecule is CCOC(=O)[C@H](Cc1ccc2nc(-c3c(Cl)cccc3Cl)ccc2c1)NC(=O)OC(C)(C)C. The van der Waals surface area contributed by atoms with Crippen molar-refractivity contribution in [3.05, 3.63) is 64.1 Å². The average molecular weight is 489 g/mol. The molecule has 0 aliphatic carbocycles. The Hall–Kier alpha value is -2.83. The van der Waals surface area contributed by atoms with Crippen molar-refractivity contribution in [2.24, 2.45) is 0 Å². The maximum Gasteiger partial charge on any atom is 0.408 e. The van der Waals surface area contributed by atoms with Crippen molar-refractivity contribution in [3.63, 3.8) is 0 Å². The smallest absolute Gasteiger partial charge is 0.408 e. The number of pyridine rings is 1. The molecule has 0 saturated carbocycles. The lowest BCUT2D eigenvalue weighted by Gasteiger charge is -2.23. The molecular formula is C25H26Cl2N2O4. The third kappa shape index (κ3) is 6.59. The van der Waals surface area contributed by atoms with E-state index in [4.69, 9.17) is 37.7 Å². The number of halogens is 2. The van der Waals surface area contributed by atoms with Gasteiger partial charge in [0.25, 0.3) is 0 Å². The quantitative estimate of drug-likeness (QED) is 0.417. The van der Waals surface area contributed by atoms with Crippen molar-refractivity contribution in [2.75, 3.05) is 6.61 Å². The molecule has 1 atom stereocenters. The van der Waals surface area contributed by atoms with Crippen LogP contribution in [-0.4, -0.2) is 35.3 Å². The van der Waals surface area contributed by atoms with Gasteiger partial charge in [-0.3, -0.25) is 0 Å². The summed E-state index contributed by atoms with van der Waals surface area (Å²) in [5.41, 5.74) is 2.25. The molecular weight excluding hydrogens is 463 g/mol. The number of hydrogen-bond donors (Lipinski definition) is 1. The first-order valence-corrected chi connectivity index (χ1v) is 11.3. The van der Waals surface area contributed by atoms with E-state index >= 15 is 0 Å². The fraction of sp³-hybridized carbons (Fsp3) is 0.320. The van der Waals surface area contributed by atoms with Crippen molar-refractivity contribution in [1.82, 2.24) is 10.3 Å². The molecule has 1 heterocycles. The highest BCUT2D eigenvalue weighted by molar-refractivity contribution is 6.39. The molecule has 0 bridgehead atoms. The zero-order chi connectivity index (χ0) is 24.2. The number of hydrogen-bond acceptors (Lipinski definition) is 5. The Labute approximate surface area is 203 Å².